The van der Waals surface area contributed by atoms with Crippen LogP contribution in [0, 0.1) is 5.82 Å². The highest BCUT2D eigenvalue weighted by Gasteiger charge is 2.16. The molecule has 0 bridgehead atoms. The summed E-state index contributed by atoms with van der Waals surface area (Å²) < 4.78 is 14.6. The number of halogens is 2. The van der Waals surface area contributed by atoms with E-state index in [1.54, 1.807) is 6.07 Å². The van der Waals surface area contributed by atoms with E-state index in [1.807, 2.05) is 19.1 Å². The van der Waals surface area contributed by atoms with Gasteiger partial charge >= 0.3 is 0 Å². The molecule has 3 heteroatoms. The fraction of sp³-hybridized carbons (Fsp3) is 0.385. The van der Waals surface area contributed by atoms with Crippen molar-refractivity contribution in [3.05, 3.63) is 46.7 Å². The first kappa shape index (κ1) is 13.4. The van der Waals surface area contributed by atoms with E-state index in [9.17, 15) is 4.39 Å². The molecule has 0 aliphatic carbocycles. The Labute approximate surface area is 105 Å². The second-order valence-electron chi connectivity index (χ2n) is 3.61. The van der Waals surface area contributed by atoms with E-state index in [1.165, 1.54) is 6.07 Å². The molecule has 0 saturated heterocycles. The molecule has 1 unspecified atom stereocenters. The largest absolute Gasteiger partial charge is 0.310 e. The lowest BCUT2D eigenvalue weighted by Crippen LogP contribution is -2.22. The van der Waals surface area contributed by atoms with Gasteiger partial charge in [-0.1, -0.05) is 35.0 Å². The van der Waals surface area contributed by atoms with E-state index < -0.39 is 0 Å². The molecule has 0 saturated carbocycles. The van der Waals surface area contributed by atoms with Crippen LogP contribution in [-0.4, -0.2) is 6.54 Å². The number of allylic oxidation sites excluding steroid dienone is 1. The van der Waals surface area contributed by atoms with Crippen molar-refractivity contribution < 1.29 is 4.39 Å². The van der Waals surface area contributed by atoms with Crippen LogP contribution in [0.1, 0.15) is 31.4 Å². The second kappa shape index (κ2) is 6.81. The predicted octanol–water partition coefficient (Wildman–Crippen LogP) is 4.21. The second-order valence-corrected chi connectivity index (χ2v) is 4.47. The highest BCUT2D eigenvalue weighted by molar-refractivity contribution is 9.10. The number of benzene rings is 1. The smallest absolute Gasteiger partial charge is 0.129 e. The molecule has 0 aliphatic rings. The molecule has 0 aromatic heterocycles. The van der Waals surface area contributed by atoms with Crippen LogP contribution in [0.2, 0.25) is 0 Å². The third-order valence-electron chi connectivity index (χ3n) is 2.46. The minimum Gasteiger partial charge on any atom is -0.310 e. The fourth-order valence-electron chi connectivity index (χ4n) is 1.72. The molecule has 0 fully saturated rings. The number of hydrogen-bond acceptors (Lipinski definition) is 1. The Morgan fingerprint density at radius 1 is 1.56 bits per heavy atom. The molecule has 16 heavy (non-hydrogen) atoms. The highest BCUT2D eigenvalue weighted by atomic mass is 79.9. The van der Waals surface area contributed by atoms with Crippen LogP contribution in [0.25, 0.3) is 0 Å². The third kappa shape index (κ3) is 3.42. The molecule has 1 nitrogen and oxygen atoms in total. The molecular formula is C13H17BrFN. The van der Waals surface area contributed by atoms with Crippen molar-refractivity contribution in [3.63, 3.8) is 0 Å². The first-order valence-electron chi connectivity index (χ1n) is 5.48. The molecule has 0 radical (unpaired) electrons. The minimum absolute atomic E-state index is 0.0403. The van der Waals surface area contributed by atoms with E-state index in [2.05, 4.69) is 27.8 Å². The SMILES string of the molecule is C=CCCC(NCC)c1c(F)cccc1Br. The molecule has 0 amide bonds. The summed E-state index contributed by atoms with van der Waals surface area (Å²) >= 11 is 3.40. The van der Waals surface area contributed by atoms with Gasteiger partial charge in [0.05, 0.1) is 0 Å². The quantitative estimate of drug-likeness (QED) is 0.773. The lowest BCUT2D eigenvalue weighted by Gasteiger charge is -2.19. The van der Waals surface area contributed by atoms with Crippen molar-refractivity contribution in [3.8, 4) is 0 Å². The van der Waals surface area contributed by atoms with Crippen LogP contribution in [0.15, 0.2) is 35.3 Å². The van der Waals surface area contributed by atoms with E-state index in [0.29, 0.717) is 5.56 Å². The zero-order valence-electron chi connectivity index (χ0n) is 9.47. The molecule has 1 N–H and O–H groups in total. The monoisotopic (exact) mass is 285 g/mol. The van der Waals surface area contributed by atoms with Gasteiger partial charge in [-0.05, 0) is 31.5 Å². The summed E-state index contributed by atoms with van der Waals surface area (Å²) in [6, 6.07) is 5.12. The van der Waals surface area contributed by atoms with Gasteiger partial charge in [0.1, 0.15) is 5.82 Å². The molecule has 1 rings (SSSR count). The molecule has 0 aliphatic heterocycles. The van der Waals surface area contributed by atoms with Gasteiger partial charge < -0.3 is 5.32 Å². The molecule has 1 aromatic carbocycles. The van der Waals surface area contributed by atoms with E-state index >= 15 is 0 Å². The number of rotatable bonds is 6. The molecule has 88 valence electrons. The fourth-order valence-corrected chi connectivity index (χ4v) is 2.34. The maximum Gasteiger partial charge on any atom is 0.129 e. The predicted molar refractivity (Wildman–Crippen MR) is 69.9 cm³/mol. The van der Waals surface area contributed by atoms with Crippen LogP contribution in [0.3, 0.4) is 0 Å². The summed E-state index contributed by atoms with van der Waals surface area (Å²) in [5.41, 5.74) is 0.714. The van der Waals surface area contributed by atoms with Gasteiger partial charge in [0, 0.05) is 16.1 Å². The Morgan fingerprint density at radius 2 is 2.31 bits per heavy atom. The maximum atomic E-state index is 13.8. The minimum atomic E-state index is -0.163. The number of hydrogen-bond donors (Lipinski definition) is 1. The zero-order chi connectivity index (χ0) is 12.0. The Kier molecular flexibility index (Phi) is 5.71. The average molecular weight is 286 g/mol. The van der Waals surface area contributed by atoms with Gasteiger partial charge in [-0.3, -0.25) is 0 Å². The van der Waals surface area contributed by atoms with Crippen molar-refractivity contribution in [1.82, 2.24) is 5.32 Å². The molecule has 1 atom stereocenters. The Hall–Kier alpha value is -0.670. The van der Waals surface area contributed by atoms with Crippen LogP contribution >= 0.6 is 15.9 Å². The summed E-state index contributed by atoms with van der Waals surface area (Å²) in [6.45, 7) is 6.54. The number of nitrogens with one attached hydrogen (secondary N) is 1. The Morgan fingerprint density at radius 3 is 2.88 bits per heavy atom. The zero-order valence-corrected chi connectivity index (χ0v) is 11.1. The van der Waals surface area contributed by atoms with Gasteiger partial charge in [0.2, 0.25) is 0 Å². The summed E-state index contributed by atoms with van der Waals surface area (Å²) in [6.07, 6.45) is 3.59. The summed E-state index contributed by atoms with van der Waals surface area (Å²) in [5.74, 6) is -0.163. The van der Waals surface area contributed by atoms with Crippen molar-refractivity contribution >= 4 is 15.9 Å². The summed E-state index contributed by atoms with van der Waals surface area (Å²) in [5, 5.41) is 3.30. The standard InChI is InChI=1S/C13H17BrFN/c1-3-5-9-12(16-4-2)13-10(14)7-6-8-11(13)15/h3,6-8,12,16H,1,4-5,9H2,2H3. The lowest BCUT2D eigenvalue weighted by molar-refractivity contribution is 0.486. The van der Waals surface area contributed by atoms with Gasteiger partial charge in [0.25, 0.3) is 0 Å². The van der Waals surface area contributed by atoms with Crippen molar-refractivity contribution in [2.24, 2.45) is 0 Å². The Bertz CT molecular complexity index is 332. The van der Waals surface area contributed by atoms with Crippen LogP contribution in [-0.2, 0) is 0 Å². The first-order chi connectivity index (χ1) is 7.70. The van der Waals surface area contributed by atoms with Gasteiger partial charge in [0.15, 0.2) is 0 Å². The summed E-state index contributed by atoms with van der Waals surface area (Å²) in [4.78, 5) is 0. The Balaban J connectivity index is 2.94. The van der Waals surface area contributed by atoms with E-state index in [4.69, 9.17) is 0 Å². The molecular weight excluding hydrogens is 269 g/mol. The lowest BCUT2D eigenvalue weighted by atomic mass is 10.0. The van der Waals surface area contributed by atoms with Crippen molar-refractivity contribution in [1.29, 1.82) is 0 Å². The van der Waals surface area contributed by atoms with Crippen LogP contribution in [0.4, 0.5) is 4.39 Å². The van der Waals surface area contributed by atoms with Crippen molar-refractivity contribution in [2.45, 2.75) is 25.8 Å². The molecule has 0 spiro atoms. The topological polar surface area (TPSA) is 12.0 Å². The molecule has 0 heterocycles. The van der Waals surface area contributed by atoms with Crippen molar-refractivity contribution in [2.75, 3.05) is 6.54 Å². The van der Waals surface area contributed by atoms with Gasteiger partial charge in [-0.15, -0.1) is 6.58 Å². The van der Waals surface area contributed by atoms with Gasteiger partial charge in [-0.25, -0.2) is 4.39 Å². The van der Waals surface area contributed by atoms with E-state index in [-0.39, 0.29) is 11.9 Å². The summed E-state index contributed by atoms with van der Waals surface area (Å²) in [7, 11) is 0. The first-order valence-corrected chi connectivity index (χ1v) is 6.28. The van der Waals surface area contributed by atoms with E-state index in [0.717, 1.165) is 23.9 Å². The van der Waals surface area contributed by atoms with Crippen LogP contribution < -0.4 is 5.32 Å². The maximum absolute atomic E-state index is 13.8. The van der Waals surface area contributed by atoms with Gasteiger partial charge in [-0.2, -0.15) is 0 Å². The highest BCUT2D eigenvalue weighted by Crippen LogP contribution is 2.29. The normalized spacial score (nSPS) is 12.4. The molecule has 1 aromatic rings. The third-order valence-corrected chi connectivity index (χ3v) is 3.15. The van der Waals surface area contributed by atoms with Crippen LogP contribution in [0.5, 0.6) is 0 Å². The average Bonchev–Trinajstić information content (AvgIpc) is 2.25.